The average Bonchev–Trinajstić information content (AvgIpc) is 2.47. The van der Waals surface area contributed by atoms with E-state index in [1.54, 1.807) is 0 Å². The molecule has 21 heavy (non-hydrogen) atoms. The molecule has 1 rings (SSSR count). The van der Waals surface area contributed by atoms with E-state index in [1.807, 2.05) is 12.1 Å². The molecule has 0 aliphatic rings. The molecule has 0 aliphatic heterocycles. The molecule has 0 saturated carbocycles. The van der Waals surface area contributed by atoms with E-state index in [0.717, 1.165) is 17.5 Å². The number of hydrogen-bond donors (Lipinski definition) is 1. The molecule has 0 saturated heterocycles. The maximum atomic E-state index is 5.77. The normalized spacial score (nSPS) is 15.6. The van der Waals surface area contributed by atoms with Crippen molar-refractivity contribution < 1.29 is 0 Å². The van der Waals surface area contributed by atoms with Crippen LogP contribution >= 0.6 is 0 Å². The van der Waals surface area contributed by atoms with Crippen LogP contribution in [0.1, 0.15) is 84.1 Å². The summed E-state index contributed by atoms with van der Waals surface area (Å²) >= 11 is 0. The summed E-state index contributed by atoms with van der Waals surface area (Å²) in [5.74, 6) is 2.26. The summed E-state index contributed by atoms with van der Waals surface area (Å²) in [6.45, 7) is 9.48. The van der Waals surface area contributed by atoms with Gasteiger partial charge in [-0.15, -0.1) is 0 Å². The molecule has 0 heterocycles. The molecule has 3 atom stereocenters. The van der Waals surface area contributed by atoms with Gasteiger partial charge in [-0.1, -0.05) is 78.4 Å². The highest BCUT2D eigenvalue weighted by atomic mass is 14.5. The number of rotatable bonds is 10. The zero-order chi connectivity index (χ0) is 15.7. The van der Waals surface area contributed by atoms with E-state index in [2.05, 4.69) is 39.8 Å². The zero-order valence-corrected chi connectivity index (χ0v) is 14.6. The van der Waals surface area contributed by atoms with Crippen molar-refractivity contribution in [3.63, 3.8) is 0 Å². The molecule has 1 heteroatoms. The molecule has 0 radical (unpaired) electrons. The lowest BCUT2D eigenvalue weighted by Crippen LogP contribution is -2.11. The molecular formula is C20H35N. The molecular weight excluding hydrogens is 254 g/mol. The van der Waals surface area contributed by atoms with Crippen molar-refractivity contribution in [2.75, 3.05) is 5.73 Å². The fraction of sp³-hybridized carbons (Fsp3) is 0.700. The van der Waals surface area contributed by atoms with Crippen LogP contribution in [-0.4, -0.2) is 0 Å². The molecule has 1 aromatic carbocycles. The van der Waals surface area contributed by atoms with Gasteiger partial charge in [-0.05, 0) is 41.9 Å². The van der Waals surface area contributed by atoms with Crippen molar-refractivity contribution in [1.29, 1.82) is 0 Å². The Morgan fingerprint density at radius 3 is 2.10 bits per heavy atom. The third-order valence-corrected chi connectivity index (χ3v) is 4.97. The standard InChI is InChI=1S/C20H35N/c1-5-6-7-8-9-10-16(2)17(3)15-18(4)19-11-13-20(21)14-12-19/h11-14,16-18H,5-10,15,21H2,1-4H3. The molecule has 0 aliphatic carbocycles. The van der Waals surface area contributed by atoms with Crippen LogP contribution in [-0.2, 0) is 0 Å². The van der Waals surface area contributed by atoms with Crippen molar-refractivity contribution in [2.45, 2.75) is 78.6 Å². The van der Waals surface area contributed by atoms with Crippen molar-refractivity contribution in [3.05, 3.63) is 29.8 Å². The van der Waals surface area contributed by atoms with Gasteiger partial charge in [0, 0.05) is 5.69 Å². The number of hydrogen-bond acceptors (Lipinski definition) is 1. The van der Waals surface area contributed by atoms with Gasteiger partial charge in [-0.3, -0.25) is 0 Å². The second kappa shape index (κ2) is 9.87. The summed E-state index contributed by atoms with van der Waals surface area (Å²) in [7, 11) is 0. The van der Waals surface area contributed by atoms with Gasteiger partial charge in [-0.25, -0.2) is 0 Å². The quantitative estimate of drug-likeness (QED) is 0.391. The molecule has 0 bridgehead atoms. The van der Waals surface area contributed by atoms with Gasteiger partial charge in [0.05, 0.1) is 0 Å². The van der Waals surface area contributed by atoms with E-state index in [9.17, 15) is 0 Å². The van der Waals surface area contributed by atoms with Crippen LogP contribution in [0.3, 0.4) is 0 Å². The second-order valence-corrected chi connectivity index (χ2v) is 6.96. The van der Waals surface area contributed by atoms with Gasteiger partial charge < -0.3 is 5.73 Å². The third kappa shape index (κ3) is 7.02. The van der Waals surface area contributed by atoms with E-state index < -0.39 is 0 Å². The minimum Gasteiger partial charge on any atom is -0.399 e. The first-order valence-electron chi connectivity index (χ1n) is 8.90. The first kappa shape index (κ1) is 18.1. The monoisotopic (exact) mass is 289 g/mol. The molecule has 120 valence electrons. The van der Waals surface area contributed by atoms with Crippen molar-refractivity contribution in [3.8, 4) is 0 Å². The van der Waals surface area contributed by atoms with Crippen molar-refractivity contribution in [2.24, 2.45) is 11.8 Å². The number of nitrogens with two attached hydrogens (primary N) is 1. The summed E-state index contributed by atoms with van der Waals surface area (Å²) in [6.07, 6.45) is 9.64. The summed E-state index contributed by atoms with van der Waals surface area (Å²) in [5, 5.41) is 0. The molecule has 2 N–H and O–H groups in total. The molecule has 3 unspecified atom stereocenters. The van der Waals surface area contributed by atoms with Gasteiger partial charge in [0.15, 0.2) is 0 Å². The minimum atomic E-state index is 0.628. The van der Waals surface area contributed by atoms with Crippen molar-refractivity contribution >= 4 is 5.69 Å². The van der Waals surface area contributed by atoms with E-state index in [1.165, 1.54) is 50.5 Å². The SMILES string of the molecule is CCCCCCCC(C)C(C)CC(C)c1ccc(N)cc1. The molecule has 0 spiro atoms. The van der Waals surface area contributed by atoms with Crippen LogP contribution in [0.15, 0.2) is 24.3 Å². The Hall–Kier alpha value is -0.980. The molecule has 0 amide bonds. The van der Waals surface area contributed by atoms with Crippen LogP contribution in [0.2, 0.25) is 0 Å². The number of nitrogen functional groups attached to an aromatic ring is 1. The molecule has 1 aromatic rings. The maximum absolute atomic E-state index is 5.77. The zero-order valence-electron chi connectivity index (χ0n) is 14.6. The van der Waals surface area contributed by atoms with Gasteiger partial charge >= 0.3 is 0 Å². The van der Waals surface area contributed by atoms with Gasteiger partial charge in [0.1, 0.15) is 0 Å². The van der Waals surface area contributed by atoms with Crippen LogP contribution in [0.5, 0.6) is 0 Å². The van der Waals surface area contributed by atoms with E-state index in [0.29, 0.717) is 5.92 Å². The molecule has 0 fully saturated rings. The van der Waals surface area contributed by atoms with Gasteiger partial charge in [0.25, 0.3) is 0 Å². The van der Waals surface area contributed by atoms with Crippen LogP contribution in [0, 0.1) is 11.8 Å². The predicted molar refractivity (Wildman–Crippen MR) is 95.6 cm³/mol. The lowest BCUT2D eigenvalue weighted by atomic mass is 9.82. The van der Waals surface area contributed by atoms with Crippen LogP contribution < -0.4 is 5.73 Å². The third-order valence-electron chi connectivity index (χ3n) is 4.97. The average molecular weight is 290 g/mol. The smallest absolute Gasteiger partial charge is 0.0314 e. The largest absolute Gasteiger partial charge is 0.399 e. The number of benzene rings is 1. The summed E-state index contributed by atoms with van der Waals surface area (Å²) < 4.78 is 0. The van der Waals surface area contributed by atoms with Crippen LogP contribution in [0.4, 0.5) is 5.69 Å². The van der Waals surface area contributed by atoms with E-state index >= 15 is 0 Å². The van der Waals surface area contributed by atoms with Crippen LogP contribution in [0.25, 0.3) is 0 Å². The fourth-order valence-corrected chi connectivity index (χ4v) is 3.10. The first-order chi connectivity index (χ1) is 10.0. The fourth-order valence-electron chi connectivity index (χ4n) is 3.10. The van der Waals surface area contributed by atoms with Gasteiger partial charge in [-0.2, -0.15) is 0 Å². The Labute approximate surface area is 132 Å². The van der Waals surface area contributed by atoms with Gasteiger partial charge in [0.2, 0.25) is 0 Å². The Bertz CT molecular complexity index is 368. The highest BCUT2D eigenvalue weighted by Gasteiger charge is 2.16. The lowest BCUT2D eigenvalue weighted by molar-refractivity contribution is 0.317. The Kier molecular flexibility index (Phi) is 8.49. The Balaban J connectivity index is 2.30. The highest BCUT2D eigenvalue weighted by molar-refractivity contribution is 5.40. The van der Waals surface area contributed by atoms with Crippen molar-refractivity contribution in [1.82, 2.24) is 0 Å². The first-order valence-corrected chi connectivity index (χ1v) is 8.90. The molecule has 1 nitrogen and oxygen atoms in total. The summed E-state index contributed by atoms with van der Waals surface area (Å²) in [5.41, 5.74) is 8.05. The molecule has 0 aromatic heterocycles. The van der Waals surface area contributed by atoms with E-state index in [-0.39, 0.29) is 0 Å². The summed E-state index contributed by atoms with van der Waals surface area (Å²) in [4.78, 5) is 0. The minimum absolute atomic E-state index is 0.628. The Morgan fingerprint density at radius 1 is 0.857 bits per heavy atom. The predicted octanol–water partition coefficient (Wildman–Crippen LogP) is 6.40. The van der Waals surface area contributed by atoms with E-state index in [4.69, 9.17) is 5.73 Å². The topological polar surface area (TPSA) is 26.0 Å². The highest BCUT2D eigenvalue weighted by Crippen LogP contribution is 2.30. The number of anilines is 1. The maximum Gasteiger partial charge on any atom is 0.0314 e. The Morgan fingerprint density at radius 2 is 1.48 bits per heavy atom. The lowest BCUT2D eigenvalue weighted by Gasteiger charge is -2.23. The number of unbranched alkanes of at least 4 members (excludes halogenated alkanes) is 4. The summed E-state index contributed by atoms with van der Waals surface area (Å²) in [6, 6.07) is 8.41. The second-order valence-electron chi connectivity index (χ2n) is 6.96.